The van der Waals surface area contributed by atoms with Gasteiger partial charge in [-0.2, -0.15) is 5.10 Å². The Morgan fingerprint density at radius 2 is 2.15 bits per heavy atom. The molecule has 5 heteroatoms. The molecule has 4 nitrogen and oxygen atoms in total. The first-order valence-corrected chi connectivity index (χ1v) is 7.94. The van der Waals surface area contributed by atoms with E-state index in [2.05, 4.69) is 35.8 Å². The largest absolute Gasteiger partial charge is 0.225 e. The summed E-state index contributed by atoms with van der Waals surface area (Å²) in [7, 11) is 0. The minimum absolute atomic E-state index is 0.380. The Bertz CT molecular complexity index is 793. The molecule has 0 amide bonds. The van der Waals surface area contributed by atoms with Gasteiger partial charge in [-0.05, 0) is 36.2 Å². The Morgan fingerprint density at radius 1 is 1.30 bits per heavy atom. The van der Waals surface area contributed by atoms with Crippen molar-refractivity contribution in [2.45, 2.75) is 40.0 Å². The van der Waals surface area contributed by atoms with E-state index in [1.165, 1.54) is 28.7 Å². The van der Waals surface area contributed by atoms with E-state index in [1.54, 1.807) is 17.2 Å². The molecule has 0 fully saturated rings. The predicted octanol–water partition coefficient (Wildman–Crippen LogP) is 3.49. The second-order valence-electron chi connectivity index (χ2n) is 6.76. The van der Waals surface area contributed by atoms with Gasteiger partial charge in [-0.1, -0.05) is 20.8 Å². The minimum atomic E-state index is 0.380. The van der Waals surface area contributed by atoms with Crippen LogP contribution in [0, 0.1) is 11.3 Å². The third kappa shape index (κ3) is 1.69. The first kappa shape index (κ1) is 12.3. The topological polar surface area (TPSA) is 43.1 Å². The van der Waals surface area contributed by atoms with Crippen molar-refractivity contribution in [1.29, 1.82) is 0 Å². The number of nitrogens with zero attached hydrogens (tertiary/aromatic N) is 4. The molecular formula is C15H18N4S. The van der Waals surface area contributed by atoms with Crippen LogP contribution < -0.4 is 0 Å². The zero-order valence-corrected chi connectivity index (χ0v) is 12.9. The summed E-state index contributed by atoms with van der Waals surface area (Å²) >= 11 is 1.85. The fraction of sp³-hybridized carbons (Fsp3) is 0.533. The summed E-state index contributed by atoms with van der Waals surface area (Å²) in [6.45, 7) is 7.06. The van der Waals surface area contributed by atoms with E-state index in [0.717, 1.165) is 22.8 Å². The van der Waals surface area contributed by atoms with Gasteiger partial charge in [-0.25, -0.2) is 14.5 Å². The maximum Gasteiger partial charge on any atom is 0.167 e. The van der Waals surface area contributed by atoms with Crippen LogP contribution in [0.2, 0.25) is 0 Å². The highest BCUT2D eigenvalue weighted by Crippen LogP contribution is 2.43. The molecule has 104 valence electrons. The zero-order chi connectivity index (χ0) is 13.9. The fourth-order valence-corrected chi connectivity index (χ4v) is 4.51. The molecule has 4 rings (SSSR count). The summed E-state index contributed by atoms with van der Waals surface area (Å²) < 4.78 is 1.78. The van der Waals surface area contributed by atoms with Gasteiger partial charge >= 0.3 is 0 Å². The molecule has 1 atom stereocenters. The Labute approximate surface area is 121 Å². The van der Waals surface area contributed by atoms with E-state index in [1.807, 2.05) is 11.3 Å². The molecule has 0 spiro atoms. The van der Waals surface area contributed by atoms with Gasteiger partial charge in [0.15, 0.2) is 5.65 Å². The summed E-state index contributed by atoms with van der Waals surface area (Å²) in [4.78, 5) is 11.6. The second kappa shape index (κ2) is 4.01. The molecule has 1 aliphatic carbocycles. The van der Waals surface area contributed by atoms with E-state index in [-0.39, 0.29) is 0 Å². The van der Waals surface area contributed by atoms with E-state index in [0.29, 0.717) is 5.41 Å². The number of rotatable bonds is 0. The van der Waals surface area contributed by atoms with Crippen molar-refractivity contribution in [1.82, 2.24) is 19.6 Å². The van der Waals surface area contributed by atoms with Crippen LogP contribution in [-0.2, 0) is 12.8 Å². The van der Waals surface area contributed by atoms with Crippen LogP contribution in [0.1, 0.15) is 37.6 Å². The third-order valence-corrected chi connectivity index (χ3v) is 5.71. The Balaban J connectivity index is 1.91. The molecule has 0 aromatic carbocycles. The predicted molar refractivity (Wildman–Crippen MR) is 81.1 cm³/mol. The summed E-state index contributed by atoms with van der Waals surface area (Å²) in [5, 5.41) is 5.43. The molecular weight excluding hydrogens is 268 g/mol. The summed E-state index contributed by atoms with van der Waals surface area (Å²) in [6.07, 6.45) is 6.97. The molecule has 1 aliphatic rings. The highest BCUT2D eigenvalue weighted by molar-refractivity contribution is 7.19. The quantitative estimate of drug-likeness (QED) is 0.635. The lowest BCUT2D eigenvalue weighted by molar-refractivity contribution is 0.218. The number of aromatic nitrogens is 4. The SMILES string of the molecule is CC(C)(C)[C@H]1CCc2c(sc3ncn4ncnc4c23)C1. The highest BCUT2D eigenvalue weighted by Gasteiger charge is 2.31. The van der Waals surface area contributed by atoms with Gasteiger partial charge in [0.25, 0.3) is 0 Å². The van der Waals surface area contributed by atoms with Crippen LogP contribution in [0.4, 0.5) is 0 Å². The maximum atomic E-state index is 4.55. The number of hydrogen-bond acceptors (Lipinski definition) is 4. The standard InChI is InChI=1S/C15H18N4S/c1-15(2,3)9-4-5-10-11(6-9)20-14-12(10)13-16-7-18-19(13)8-17-14/h7-9H,4-6H2,1-3H3/t9-/m0/s1. The normalized spacial score (nSPS) is 19.6. The summed E-state index contributed by atoms with van der Waals surface area (Å²) in [5.74, 6) is 0.761. The van der Waals surface area contributed by atoms with E-state index in [4.69, 9.17) is 0 Å². The average molecular weight is 286 g/mol. The van der Waals surface area contributed by atoms with E-state index >= 15 is 0 Å². The lowest BCUT2D eigenvalue weighted by Gasteiger charge is -2.33. The van der Waals surface area contributed by atoms with Gasteiger partial charge in [0.1, 0.15) is 17.5 Å². The van der Waals surface area contributed by atoms with E-state index < -0.39 is 0 Å². The lowest BCUT2D eigenvalue weighted by atomic mass is 9.72. The molecule has 3 aromatic heterocycles. The number of aryl methyl sites for hydroxylation is 1. The molecule has 0 saturated carbocycles. The molecule has 3 aromatic rings. The molecule has 0 unspecified atom stereocenters. The number of hydrogen-bond donors (Lipinski definition) is 0. The first-order valence-electron chi connectivity index (χ1n) is 7.12. The molecule has 0 N–H and O–H groups in total. The van der Waals surface area contributed by atoms with Crippen molar-refractivity contribution in [3.63, 3.8) is 0 Å². The van der Waals surface area contributed by atoms with Crippen molar-refractivity contribution >= 4 is 27.2 Å². The maximum absolute atomic E-state index is 4.55. The molecule has 0 aliphatic heterocycles. The van der Waals surface area contributed by atoms with Gasteiger partial charge < -0.3 is 0 Å². The van der Waals surface area contributed by atoms with Gasteiger partial charge in [0.2, 0.25) is 0 Å². The van der Waals surface area contributed by atoms with Crippen LogP contribution in [0.15, 0.2) is 12.7 Å². The number of fused-ring (bicyclic) bond motifs is 5. The minimum Gasteiger partial charge on any atom is -0.225 e. The first-order chi connectivity index (χ1) is 9.54. The van der Waals surface area contributed by atoms with Crippen LogP contribution >= 0.6 is 11.3 Å². The molecule has 0 bridgehead atoms. The van der Waals surface area contributed by atoms with Crippen LogP contribution in [-0.4, -0.2) is 19.6 Å². The lowest BCUT2D eigenvalue weighted by Crippen LogP contribution is -2.26. The molecule has 0 saturated heterocycles. The fourth-order valence-electron chi connectivity index (χ4n) is 3.25. The van der Waals surface area contributed by atoms with Crippen LogP contribution in [0.3, 0.4) is 0 Å². The van der Waals surface area contributed by atoms with Crippen molar-refractivity contribution < 1.29 is 0 Å². The van der Waals surface area contributed by atoms with E-state index in [9.17, 15) is 0 Å². The average Bonchev–Trinajstić information content (AvgIpc) is 2.99. The van der Waals surface area contributed by atoms with Crippen LogP contribution in [0.25, 0.3) is 15.9 Å². The molecule has 0 radical (unpaired) electrons. The Kier molecular flexibility index (Phi) is 2.46. The second-order valence-corrected chi connectivity index (χ2v) is 7.85. The molecule has 20 heavy (non-hydrogen) atoms. The number of thiophene rings is 1. The van der Waals surface area contributed by atoms with Gasteiger partial charge in [-0.15, -0.1) is 11.3 Å². The van der Waals surface area contributed by atoms with Crippen molar-refractivity contribution in [3.8, 4) is 0 Å². The monoisotopic (exact) mass is 286 g/mol. The van der Waals surface area contributed by atoms with Crippen molar-refractivity contribution in [2.24, 2.45) is 11.3 Å². The van der Waals surface area contributed by atoms with Crippen molar-refractivity contribution in [3.05, 3.63) is 23.1 Å². The van der Waals surface area contributed by atoms with Gasteiger partial charge in [-0.3, -0.25) is 0 Å². The smallest absolute Gasteiger partial charge is 0.167 e. The summed E-state index contributed by atoms with van der Waals surface area (Å²) in [5.41, 5.74) is 2.81. The Hall–Kier alpha value is -1.49. The van der Waals surface area contributed by atoms with Crippen LogP contribution in [0.5, 0.6) is 0 Å². The zero-order valence-electron chi connectivity index (χ0n) is 12.1. The Morgan fingerprint density at radius 3 is 2.95 bits per heavy atom. The van der Waals surface area contributed by atoms with Gasteiger partial charge in [0, 0.05) is 4.88 Å². The molecule has 3 heterocycles. The summed E-state index contributed by atoms with van der Waals surface area (Å²) in [6, 6.07) is 0. The highest BCUT2D eigenvalue weighted by atomic mass is 32.1. The van der Waals surface area contributed by atoms with Gasteiger partial charge in [0.05, 0.1) is 5.39 Å². The van der Waals surface area contributed by atoms with Crippen molar-refractivity contribution in [2.75, 3.05) is 0 Å². The third-order valence-electron chi connectivity index (χ3n) is 4.55.